The van der Waals surface area contributed by atoms with Crippen LogP contribution in [0.25, 0.3) is 17.2 Å². The molecular formula is C18H19N7O2. The number of hydrogen-bond donors (Lipinski definition) is 2. The van der Waals surface area contributed by atoms with Gasteiger partial charge in [0.15, 0.2) is 17.3 Å². The van der Waals surface area contributed by atoms with Crippen LogP contribution < -0.4 is 5.73 Å². The quantitative estimate of drug-likeness (QED) is 0.561. The number of hydrogen-bond acceptors (Lipinski definition) is 8. The van der Waals surface area contributed by atoms with Crippen LogP contribution in [0.4, 0.5) is 5.82 Å². The van der Waals surface area contributed by atoms with Crippen LogP contribution in [0.5, 0.6) is 0 Å². The molecule has 0 atom stereocenters. The van der Waals surface area contributed by atoms with Crippen LogP contribution in [0.2, 0.25) is 0 Å². The van der Waals surface area contributed by atoms with Crippen molar-refractivity contribution < 1.29 is 9.52 Å². The highest BCUT2D eigenvalue weighted by molar-refractivity contribution is 5.66. The monoisotopic (exact) mass is 365 g/mol. The van der Waals surface area contributed by atoms with Gasteiger partial charge in [0.25, 0.3) is 0 Å². The van der Waals surface area contributed by atoms with Crippen molar-refractivity contribution in [1.82, 2.24) is 29.5 Å². The standard InChI is InChI=1S/C18H19N7O2/c1-10-14(17-20-6-7-27-17)23-15(19)16-22-13(24-25(10)16)8-12-5-4-11(9-21-12)18(2,3)26/h4-7,9,26H,8H2,1-3H3,(H2,19,23). The first-order valence-electron chi connectivity index (χ1n) is 8.42. The smallest absolute Gasteiger partial charge is 0.246 e. The molecule has 0 amide bonds. The second kappa shape index (κ2) is 6.13. The molecule has 27 heavy (non-hydrogen) atoms. The molecule has 0 saturated carbocycles. The normalized spacial score (nSPS) is 12.0. The Morgan fingerprint density at radius 2 is 2.04 bits per heavy atom. The van der Waals surface area contributed by atoms with Gasteiger partial charge >= 0.3 is 0 Å². The van der Waals surface area contributed by atoms with Gasteiger partial charge in [0.05, 0.1) is 23.9 Å². The summed E-state index contributed by atoms with van der Waals surface area (Å²) >= 11 is 0. The fourth-order valence-corrected chi connectivity index (χ4v) is 2.78. The zero-order chi connectivity index (χ0) is 19.2. The molecule has 0 aliphatic carbocycles. The lowest BCUT2D eigenvalue weighted by Crippen LogP contribution is -2.15. The van der Waals surface area contributed by atoms with Crippen LogP contribution >= 0.6 is 0 Å². The summed E-state index contributed by atoms with van der Waals surface area (Å²) in [4.78, 5) is 17.4. The van der Waals surface area contributed by atoms with Crippen LogP contribution in [0, 0.1) is 6.92 Å². The number of anilines is 1. The number of aryl methyl sites for hydroxylation is 1. The average molecular weight is 365 g/mol. The summed E-state index contributed by atoms with van der Waals surface area (Å²) in [6, 6.07) is 3.70. The van der Waals surface area contributed by atoms with E-state index in [1.165, 1.54) is 6.26 Å². The first-order chi connectivity index (χ1) is 12.8. The number of nitrogens with two attached hydrogens (primary N) is 1. The van der Waals surface area contributed by atoms with Gasteiger partial charge in [-0.05, 0) is 26.8 Å². The first-order valence-corrected chi connectivity index (χ1v) is 8.42. The van der Waals surface area contributed by atoms with Crippen molar-refractivity contribution in [2.75, 3.05) is 5.73 Å². The molecule has 0 saturated heterocycles. The summed E-state index contributed by atoms with van der Waals surface area (Å²) in [7, 11) is 0. The predicted octanol–water partition coefficient (Wildman–Crippen LogP) is 1.88. The summed E-state index contributed by atoms with van der Waals surface area (Å²) in [6.45, 7) is 5.29. The Labute approximate surface area is 154 Å². The van der Waals surface area contributed by atoms with Crippen molar-refractivity contribution in [3.05, 3.63) is 53.6 Å². The maximum Gasteiger partial charge on any atom is 0.246 e. The van der Waals surface area contributed by atoms with Gasteiger partial charge in [-0.1, -0.05) is 6.07 Å². The summed E-state index contributed by atoms with van der Waals surface area (Å²) in [6.07, 6.45) is 5.12. The number of aliphatic hydroxyl groups is 1. The van der Waals surface area contributed by atoms with Crippen LogP contribution in [0.15, 0.2) is 35.2 Å². The van der Waals surface area contributed by atoms with Gasteiger partial charge in [0, 0.05) is 17.5 Å². The van der Waals surface area contributed by atoms with E-state index >= 15 is 0 Å². The van der Waals surface area contributed by atoms with Crippen molar-refractivity contribution >= 4 is 11.5 Å². The lowest BCUT2D eigenvalue weighted by Gasteiger charge is -2.17. The van der Waals surface area contributed by atoms with Crippen molar-refractivity contribution in [2.24, 2.45) is 0 Å². The van der Waals surface area contributed by atoms with E-state index < -0.39 is 5.60 Å². The highest BCUT2D eigenvalue weighted by atomic mass is 16.3. The molecule has 3 N–H and O–H groups in total. The maximum absolute atomic E-state index is 10.0. The van der Waals surface area contributed by atoms with Gasteiger partial charge in [0.1, 0.15) is 12.0 Å². The Hall–Kier alpha value is -3.33. The fourth-order valence-electron chi connectivity index (χ4n) is 2.78. The molecule has 0 spiro atoms. The van der Waals surface area contributed by atoms with E-state index in [9.17, 15) is 5.11 Å². The van der Waals surface area contributed by atoms with Crippen LogP contribution in [0.3, 0.4) is 0 Å². The molecule has 0 unspecified atom stereocenters. The van der Waals surface area contributed by atoms with Crippen molar-refractivity contribution in [1.29, 1.82) is 0 Å². The Bertz CT molecular complexity index is 1090. The Balaban J connectivity index is 1.70. The molecule has 0 aromatic carbocycles. The highest BCUT2D eigenvalue weighted by Crippen LogP contribution is 2.23. The number of pyridine rings is 1. The van der Waals surface area contributed by atoms with E-state index in [1.807, 2.05) is 19.1 Å². The van der Waals surface area contributed by atoms with E-state index in [1.54, 1.807) is 30.8 Å². The number of nitrogens with zero attached hydrogens (tertiary/aromatic N) is 6. The molecule has 9 heteroatoms. The SMILES string of the molecule is Cc1c(-c2ncco2)nc(N)c2nc(Cc3ccc(C(C)(C)O)cn3)nn12. The summed E-state index contributed by atoms with van der Waals surface area (Å²) in [5.74, 6) is 1.19. The van der Waals surface area contributed by atoms with Crippen LogP contribution in [-0.4, -0.2) is 34.7 Å². The summed E-state index contributed by atoms with van der Waals surface area (Å²) in [5.41, 5.74) is 8.39. The molecular weight excluding hydrogens is 346 g/mol. The van der Waals surface area contributed by atoms with Gasteiger partial charge in [-0.3, -0.25) is 4.98 Å². The Kier molecular flexibility index (Phi) is 3.88. The number of nitrogen functional groups attached to an aromatic ring is 1. The van der Waals surface area contributed by atoms with Gasteiger partial charge in [-0.15, -0.1) is 0 Å². The Morgan fingerprint density at radius 1 is 1.22 bits per heavy atom. The second-order valence-electron chi connectivity index (χ2n) is 6.81. The lowest BCUT2D eigenvalue weighted by atomic mass is 10.0. The molecule has 0 aliphatic rings. The second-order valence-corrected chi connectivity index (χ2v) is 6.81. The third-order valence-corrected chi connectivity index (χ3v) is 4.28. The zero-order valence-electron chi connectivity index (χ0n) is 15.2. The third kappa shape index (κ3) is 3.13. The molecule has 4 rings (SSSR count). The van der Waals surface area contributed by atoms with Gasteiger partial charge < -0.3 is 15.3 Å². The molecule has 138 valence electrons. The third-order valence-electron chi connectivity index (χ3n) is 4.28. The van der Waals surface area contributed by atoms with Crippen LogP contribution in [-0.2, 0) is 12.0 Å². The van der Waals surface area contributed by atoms with Gasteiger partial charge in [-0.2, -0.15) is 5.10 Å². The summed E-state index contributed by atoms with van der Waals surface area (Å²) in [5, 5.41) is 14.6. The van der Waals surface area contributed by atoms with Crippen molar-refractivity contribution in [3.63, 3.8) is 0 Å². The largest absolute Gasteiger partial charge is 0.443 e. The number of rotatable bonds is 4. The molecule has 0 radical (unpaired) electrons. The van der Waals surface area contributed by atoms with Gasteiger partial charge in [-0.25, -0.2) is 19.5 Å². The molecule has 4 aromatic heterocycles. The molecule has 4 heterocycles. The zero-order valence-corrected chi connectivity index (χ0v) is 15.2. The van der Waals surface area contributed by atoms with Gasteiger partial charge in [0.2, 0.25) is 5.89 Å². The molecule has 0 aliphatic heterocycles. The van der Waals surface area contributed by atoms with Crippen LogP contribution in [0.1, 0.15) is 36.6 Å². The molecule has 0 fully saturated rings. The lowest BCUT2D eigenvalue weighted by molar-refractivity contribution is 0.0782. The molecule has 4 aromatic rings. The minimum absolute atomic E-state index is 0.248. The van der Waals surface area contributed by atoms with E-state index in [0.29, 0.717) is 29.5 Å². The van der Waals surface area contributed by atoms with E-state index in [-0.39, 0.29) is 5.82 Å². The number of fused-ring (bicyclic) bond motifs is 1. The number of aromatic nitrogens is 6. The Morgan fingerprint density at radius 3 is 2.67 bits per heavy atom. The summed E-state index contributed by atoms with van der Waals surface area (Å²) < 4.78 is 6.97. The van der Waals surface area contributed by atoms with Crippen molar-refractivity contribution in [3.8, 4) is 11.6 Å². The average Bonchev–Trinajstić information content (AvgIpc) is 3.28. The van der Waals surface area contributed by atoms with E-state index in [0.717, 1.165) is 17.0 Å². The topological polar surface area (TPSA) is 128 Å². The highest BCUT2D eigenvalue weighted by Gasteiger charge is 2.19. The maximum atomic E-state index is 10.0. The molecule has 9 nitrogen and oxygen atoms in total. The van der Waals surface area contributed by atoms with Crippen molar-refractivity contribution in [2.45, 2.75) is 32.8 Å². The molecule has 0 bridgehead atoms. The van der Waals surface area contributed by atoms with E-state index in [4.69, 9.17) is 10.2 Å². The number of oxazole rings is 1. The minimum Gasteiger partial charge on any atom is -0.443 e. The fraction of sp³-hybridized carbons (Fsp3) is 0.278. The van der Waals surface area contributed by atoms with E-state index in [2.05, 4.69) is 25.0 Å². The first kappa shape index (κ1) is 17.1. The predicted molar refractivity (Wildman–Crippen MR) is 97.7 cm³/mol. The minimum atomic E-state index is -0.930.